The maximum Gasteiger partial charge on any atom is 0.317 e. The van der Waals surface area contributed by atoms with Crippen molar-refractivity contribution in [2.24, 2.45) is 0 Å². The Hall–Kier alpha value is -1.75. The molecule has 0 atom stereocenters. The summed E-state index contributed by atoms with van der Waals surface area (Å²) in [5, 5.41) is 8.98. The van der Waals surface area contributed by atoms with E-state index in [0.29, 0.717) is 19.8 Å². The highest BCUT2D eigenvalue weighted by Gasteiger charge is 2.16. The van der Waals surface area contributed by atoms with Crippen LogP contribution in [0.15, 0.2) is 18.2 Å². The van der Waals surface area contributed by atoms with Gasteiger partial charge in [0.15, 0.2) is 11.5 Å². The summed E-state index contributed by atoms with van der Waals surface area (Å²) >= 11 is 0. The molecule has 0 unspecified atom stereocenters. The lowest BCUT2D eigenvalue weighted by atomic mass is 10.1. The van der Waals surface area contributed by atoms with Crippen molar-refractivity contribution in [3.05, 3.63) is 23.8 Å². The fraction of sp³-hybridized carbons (Fsp3) is 0.562. The molecular weight excluding hydrogens is 270 g/mol. The highest BCUT2D eigenvalue weighted by atomic mass is 16.5. The summed E-state index contributed by atoms with van der Waals surface area (Å²) in [5.41, 5.74) is 1.04. The summed E-state index contributed by atoms with van der Waals surface area (Å²) in [6.45, 7) is 6.02. The van der Waals surface area contributed by atoms with Gasteiger partial charge in [0.05, 0.1) is 19.8 Å². The third kappa shape index (κ3) is 4.63. The van der Waals surface area contributed by atoms with E-state index in [4.69, 9.17) is 14.6 Å². The van der Waals surface area contributed by atoms with Crippen molar-refractivity contribution in [1.29, 1.82) is 0 Å². The summed E-state index contributed by atoms with van der Waals surface area (Å²) in [7, 11) is 0. The molecule has 116 valence electrons. The molecule has 1 aliphatic heterocycles. The highest BCUT2D eigenvalue weighted by molar-refractivity contribution is 5.69. The Labute approximate surface area is 125 Å². The normalized spacial score (nSPS) is 14.9. The van der Waals surface area contributed by atoms with Gasteiger partial charge in [0.2, 0.25) is 0 Å². The van der Waals surface area contributed by atoms with E-state index in [0.717, 1.165) is 29.9 Å². The Kier molecular flexibility index (Phi) is 5.44. The Morgan fingerprint density at radius 2 is 1.90 bits per heavy atom. The standard InChI is InChI=1S/C16H23NO4/c1-12(2)17(11-16(18)19)10-13-5-6-14-15(9-13)21-8-4-3-7-20-14/h5-6,9,12H,3-4,7-8,10-11H2,1-2H3,(H,18,19). The Morgan fingerprint density at radius 3 is 2.52 bits per heavy atom. The van der Waals surface area contributed by atoms with Crippen LogP contribution >= 0.6 is 0 Å². The van der Waals surface area contributed by atoms with Gasteiger partial charge in [-0.2, -0.15) is 0 Å². The molecular formula is C16H23NO4. The number of hydrogen-bond donors (Lipinski definition) is 1. The van der Waals surface area contributed by atoms with Crippen LogP contribution < -0.4 is 9.47 Å². The van der Waals surface area contributed by atoms with Crippen molar-refractivity contribution in [3.63, 3.8) is 0 Å². The minimum absolute atomic E-state index is 0.0338. The summed E-state index contributed by atoms with van der Waals surface area (Å²) in [5.74, 6) is 0.716. The van der Waals surface area contributed by atoms with Gasteiger partial charge in [-0.05, 0) is 44.4 Å². The summed E-state index contributed by atoms with van der Waals surface area (Å²) in [4.78, 5) is 12.8. The molecule has 0 aliphatic carbocycles. The van der Waals surface area contributed by atoms with Gasteiger partial charge >= 0.3 is 5.97 Å². The van der Waals surface area contributed by atoms with Crippen LogP contribution in [0.25, 0.3) is 0 Å². The lowest BCUT2D eigenvalue weighted by molar-refractivity contribution is -0.138. The second-order valence-electron chi connectivity index (χ2n) is 5.58. The van der Waals surface area contributed by atoms with Crippen LogP contribution in [0.1, 0.15) is 32.3 Å². The number of nitrogens with zero attached hydrogens (tertiary/aromatic N) is 1. The van der Waals surface area contributed by atoms with Gasteiger partial charge in [0, 0.05) is 12.6 Å². The van der Waals surface area contributed by atoms with E-state index in [1.54, 1.807) is 0 Å². The summed E-state index contributed by atoms with van der Waals surface area (Å²) < 4.78 is 11.4. The van der Waals surface area contributed by atoms with Crippen molar-refractivity contribution in [3.8, 4) is 11.5 Å². The number of benzene rings is 1. The molecule has 2 rings (SSSR count). The molecule has 0 aromatic heterocycles. The minimum atomic E-state index is -0.811. The quantitative estimate of drug-likeness (QED) is 0.904. The van der Waals surface area contributed by atoms with Crippen LogP contribution in [0.2, 0.25) is 0 Å². The van der Waals surface area contributed by atoms with Gasteiger partial charge in [-0.25, -0.2) is 0 Å². The van der Waals surface area contributed by atoms with Crippen LogP contribution in [-0.2, 0) is 11.3 Å². The zero-order valence-electron chi connectivity index (χ0n) is 12.7. The molecule has 21 heavy (non-hydrogen) atoms. The molecule has 0 fully saturated rings. The van der Waals surface area contributed by atoms with Gasteiger partial charge in [0.1, 0.15) is 0 Å². The second kappa shape index (κ2) is 7.31. The van der Waals surface area contributed by atoms with E-state index in [1.165, 1.54) is 0 Å². The molecule has 0 saturated carbocycles. The molecule has 0 amide bonds. The van der Waals surface area contributed by atoms with Crippen LogP contribution in [0.5, 0.6) is 11.5 Å². The number of aliphatic carboxylic acids is 1. The number of carboxylic acids is 1. The lowest BCUT2D eigenvalue weighted by Gasteiger charge is -2.25. The fourth-order valence-corrected chi connectivity index (χ4v) is 2.28. The average Bonchev–Trinajstić information content (AvgIpc) is 2.39. The molecule has 1 heterocycles. The van der Waals surface area contributed by atoms with E-state index >= 15 is 0 Å². The SMILES string of the molecule is CC(C)N(CC(=O)O)Cc1ccc2c(c1)OCCCCO2. The number of rotatable bonds is 5. The molecule has 5 heteroatoms. The zero-order valence-corrected chi connectivity index (χ0v) is 12.7. The van der Waals surface area contributed by atoms with E-state index in [1.807, 2.05) is 36.9 Å². The molecule has 0 radical (unpaired) electrons. The Balaban J connectivity index is 2.12. The molecule has 0 bridgehead atoms. The topological polar surface area (TPSA) is 59.0 Å². The van der Waals surface area contributed by atoms with Crippen molar-refractivity contribution in [1.82, 2.24) is 4.90 Å². The third-order valence-corrected chi connectivity index (χ3v) is 3.52. The zero-order chi connectivity index (χ0) is 15.2. The maximum absolute atomic E-state index is 10.9. The minimum Gasteiger partial charge on any atom is -0.490 e. The number of carboxylic acid groups (broad SMARTS) is 1. The van der Waals surface area contributed by atoms with Crippen molar-refractivity contribution < 1.29 is 19.4 Å². The van der Waals surface area contributed by atoms with Crippen molar-refractivity contribution in [2.75, 3.05) is 19.8 Å². The van der Waals surface area contributed by atoms with E-state index < -0.39 is 5.97 Å². The van der Waals surface area contributed by atoms with Gasteiger partial charge < -0.3 is 14.6 Å². The van der Waals surface area contributed by atoms with E-state index in [2.05, 4.69) is 0 Å². The molecule has 5 nitrogen and oxygen atoms in total. The average molecular weight is 293 g/mol. The van der Waals surface area contributed by atoms with E-state index in [-0.39, 0.29) is 12.6 Å². The largest absolute Gasteiger partial charge is 0.490 e. The van der Waals surface area contributed by atoms with Gasteiger partial charge in [-0.3, -0.25) is 9.69 Å². The predicted molar refractivity (Wildman–Crippen MR) is 79.8 cm³/mol. The van der Waals surface area contributed by atoms with Crippen LogP contribution in [-0.4, -0.2) is 41.8 Å². The number of hydrogen-bond acceptors (Lipinski definition) is 4. The van der Waals surface area contributed by atoms with Gasteiger partial charge in [-0.15, -0.1) is 0 Å². The molecule has 1 aromatic rings. The predicted octanol–water partition coefficient (Wildman–Crippen LogP) is 2.53. The fourth-order valence-electron chi connectivity index (χ4n) is 2.28. The molecule has 0 saturated heterocycles. The Bertz CT molecular complexity index is 487. The van der Waals surface area contributed by atoms with Crippen molar-refractivity contribution in [2.45, 2.75) is 39.3 Å². The smallest absolute Gasteiger partial charge is 0.317 e. The molecule has 0 spiro atoms. The van der Waals surface area contributed by atoms with Crippen LogP contribution in [0.4, 0.5) is 0 Å². The van der Waals surface area contributed by atoms with Gasteiger partial charge in [0.25, 0.3) is 0 Å². The van der Waals surface area contributed by atoms with E-state index in [9.17, 15) is 4.79 Å². The number of carbonyl (C=O) groups is 1. The first kappa shape index (κ1) is 15.6. The maximum atomic E-state index is 10.9. The molecule has 1 N–H and O–H groups in total. The summed E-state index contributed by atoms with van der Waals surface area (Å²) in [6.07, 6.45) is 1.99. The first-order valence-corrected chi connectivity index (χ1v) is 7.40. The van der Waals surface area contributed by atoms with Crippen LogP contribution in [0.3, 0.4) is 0 Å². The first-order chi connectivity index (χ1) is 10.1. The van der Waals surface area contributed by atoms with Crippen LogP contribution in [0, 0.1) is 0 Å². The van der Waals surface area contributed by atoms with Gasteiger partial charge in [-0.1, -0.05) is 6.07 Å². The monoisotopic (exact) mass is 293 g/mol. The Morgan fingerprint density at radius 1 is 1.24 bits per heavy atom. The summed E-state index contributed by atoms with van der Waals surface area (Å²) in [6, 6.07) is 6.01. The number of fused-ring (bicyclic) bond motifs is 1. The van der Waals surface area contributed by atoms with Crippen molar-refractivity contribution >= 4 is 5.97 Å². The molecule has 1 aromatic carbocycles. The second-order valence-corrected chi connectivity index (χ2v) is 5.58. The highest BCUT2D eigenvalue weighted by Crippen LogP contribution is 2.30. The lowest BCUT2D eigenvalue weighted by Crippen LogP contribution is -2.35. The molecule has 1 aliphatic rings. The number of ether oxygens (including phenoxy) is 2. The first-order valence-electron chi connectivity index (χ1n) is 7.40. The third-order valence-electron chi connectivity index (χ3n) is 3.52.